The van der Waals surface area contributed by atoms with Gasteiger partial charge >= 0.3 is 5.97 Å². The van der Waals surface area contributed by atoms with Gasteiger partial charge in [0.25, 0.3) is 0 Å². The van der Waals surface area contributed by atoms with E-state index in [0.29, 0.717) is 37.7 Å². The number of carboxylic acids is 1. The summed E-state index contributed by atoms with van der Waals surface area (Å²) >= 11 is 0. The quantitative estimate of drug-likeness (QED) is 0.0198. The molecule has 412 valence electrons. The van der Waals surface area contributed by atoms with Gasteiger partial charge in [-0.25, -0.2) is 0 Å². The molecule has 1 aliphatic heterocycles. The number of likely N-dealkylation sites (tertiary alicyclic amines) is 1. The molecule has 0 spiro atoms. The first-order valence-electron chi connectivity index (χ1n) is 25.4. The van der Waals surface area contributed by atoms with E-state index in [9.17, 15) is 58.2 Å². The van der Waals surface area contributed by atoms with E-state index in [1.165, 1.54) is 24.0 Å². The average Bonchev–Trinajstić information content (AvgIpc) is 3.84. The van der Waals surface area contributed by atoms with Crippen LogP contribution in [0.25, 0.3) is 10.4 Å². The minimum Gasteiger partial charge on any atom is -0.508 e. The average molecular weight is 1040 g/mol. The van der Waals surface area contributed by atoms with Crippen LogP contribution in [0.3, 0.4) is 0 Å². The number of carbonyl (C=O) groups excluding carboxylic acids is 9. The van der Waals surface area contributed by atoms with E-state index in [2.05, 4.69) is 52.6 Å². The number of phenols is 1. The number of rotatable bonds is 33. The van der Waals surface area contributed by atoms with E-state index in [0.717, 1.165) is 0 Å². The molecule has 25 heteroatoms. The molecule has 0 unspecified atom stereocenters. The largest absolute Gasteiger partial charge is 0.508 e. The number of amides is 9. The Morgan fingerprint density at radius 2 is 1.39 bits per heavy atom. The number of carbonyl (C=O) groups is 10. The third-order valence-electron chi connectivity index (χ3n) is 12.4. The van der Waals surface area contributed by atoms with Crippen molar-refractivity contribution in [1.82, 2.24) is 47.4 Å². The van der Waals surface area contributed by atoms with Crippen molar-refractivity contribution >= 4 is 59.1 Å². The monoisotopic (exact) mass is 1040 g/mol. The van der Waals surface area contributed by atoms with Gasteiger partial charge in [-0.2, -0.15) is 0 Å². The minimum absolute atomic E-state index is 0.0359. The maximum Gasteiger partial charge on any atom is 0.303 e. The van der Waals surface area contributed by atoms with Crippen LogP contribution in [0, 0.1) is 17.8 Å². The van der Waals surface area contributed by atoms with E-state index < -0.39 is 120 Å². The number of phenolic OH excluding ortho intramolecular Hbond substituents is 1. The molecule has 8 atom stereocenters. The second-order valence-electron chi connectivity index (χ2n) is 19.3. The summed E-state index contributed by atoms with van der Waals surface area (Å²) in [6.07, 6.45) is 1.41. The van der Waals surface area contributed by atoms with E-state index >= 15 is 0 Å². The summed E-state index contributed by atoms with van der Waals surface area (Å²) in [5.74, 6) is -8.36. The van der Waals surface area contributed by atoms with Gasteiger partial charge in [-0.05, 0) is 98.9 Å². The smallest absolute Gasteiger partial charge is 0.303 e. The van der Waals surface area contributed by atoms with Crippen molar-refractivity contribution < 1.29 is 58.2 Å². The number of carboxylic acid groups (broad SMARTS) is 1. The molecular formula is C49H79N13O12. The maximum absolute atomic E-state index is 14.4. The van der Waals surface area contributed by atoms with Gasteiger partial charge in [-0.15, -0.1) is 0 Å². The fraction of sp³-hybridized carbons (Fsp3) is 0.673. The van der Waals surface area contributed by atoms with Crippen molar-refractivity contribution in [1.29, 1.82) is 0 Å². The number of unbranched alkanes of at least 4 members (excludes halogenated alkanes) is 1. The van der Waals surface area contributed by atoms with Crippen molar-refractivity contribution in [3.8, 4) is 5.75 Å². The molecule has 0 aromatic heterocycles. The highest BCUT2D eigenvalue weighted by Gasteiger charge is 2.41. The fourth-order valence-corrected chi connectivity index (χ4v) is 8.12. The number of benzene rings is 1. The summed E-state index contributed by atoms with van der Waals surface area (Å²) < 4.78 is 0. The van der Waals surface area contributed by atoms with Gasteiger partial charge in [0.05, 0.1) is 6.54 Å². The van der Waals surface area contributed by atoms with Crippen molar-refractivity contribution in [3.63, 3.8) is 0 Å². The molecule has 0 saturated carbocycles. The van der Waals surface area contributed by atoms with Crippen LogP contribution < -0.4 is 48.3 Å². The van der Waals surface area contributed by atoms with Crippen molar-refractivity contribution in [3.05, 3.63) is 40.3 Å². The van der Waals surface area contributed by atoms with Gasteiger partial charge in [0.15, 0.2) is 0 Å². The molecule has 2 rings (SSSR count). The lowest BCUT2D eigenvalue weighted by Crippen LogP contribution is -2.60. The Labute approximate surface area is 432 Å². The molecule has 25 nitrogen and oxygen atoms in total. The molecule has 0 radical (unpaired) electrons. The zero-order valence-electron chi connectivity index (χ0n) is 43.7. The molecule has 74 heavy (non-hydrogen) atoms. The highest BCUT2D eigenvalue weighted by molar-refractivity contribution is 5.98. The second kappa shape index (κ2) is 32.9. The van der Waals surface area contributed by atoms with E-state index in [4.69, 9.17) is 11.3 Å². The molecule has 1 saturated heterocycles. The predicted molar refractivity (Wildman–Crippen MR) is 272 cm³/mol. The first-order valence-corrected chi connectivity index (χ1v) is 25.4. The standard InChI is InChI=1S/C49H79N13O12/c1-8-30(6)42(55-31(7)63)48(73)58-36(25-28(2)3)45(70)56-34(13-9-10-21-50)44(69)57-35(19-20-40(66)67)49(74)62-24-11-14-38(62)46(71)60-41(29(4)5)47(72)59-37(26-32-15-17-33(64)18-16-32)43(68)53-27-39(65)52-22-12-23-54-61-51/h15-18,28-30,34-38,41-42,64H,8-14,19-27,50H2,1-7H3,(H,52,65)(H,53,68)(H,55,63)(H,56,70)(H,57,69)(H,58,73)(H,59,72)(H,60,71)(H,66,67)/t30-,34-,35-,36-,37-,38-,41-,42-/m0/s1. The number of hydrogen-bond donors (Lipinski definition) is 11. The highest BCUT2D eigenvalue weighted by Crippen LogP contribution is 2.22. The minimum atomic E-state index is -1.48. The van der Waals surface area contributed by atoms with Crippen LogP contribution in [0.4, 0.5) is 0 Å². The van der Waals surface area contributed by atoms with Gasteiger partial charge in [0.2, 0.25) is 53.2 Å². The van der Waals surface area contributed by atoms with Crippen molar-refractivity contribution in [2.45, 2.75) is 161 Å². The Hall–Kier alpha value is -7.01. The summed E-state index contributed by atoms with van der Waals surface area (Å²) in [7, 11) is 0. The molecule has 1 heterocycles. The molecule has 1 aromatic rings. The summed E-state index contributed by atoms with van der Waals surface area (Å²) in [5, 5.41) is 44.1. The summed E-state index contributed by atoms with van der Waals surface area (Å²) in [4.78, 5) is 138. The molecule has 9 amide bonds. The molecular weight excluding hydrogens is 963 g/mol. The number of nitrogens with two attached hydrogens (primary N) is 1. The SMILES string of the molecule is CC[C@H](C)[C@H](NC(C)=O)C(=O)N[C@@H](CC(C)C)C(=O)N[C@@H](CCCCN)C(=O)N[C@@H](CCC(=O)O)C(=O)N1CCC[C@H]1C(=O)N[C@H](C(=O)N[C@@H](Cc1ccc(O)cc1)C(=O)NCC(=O)NCCCN=[N+]=[N-])C(C)C. The van der Waals surface area contributed by atoms with Crippen LogP contribution in [-0.4, -0.2) is 149 Å². The van der Waals surface area contributed by atoms with Crippen LogP contribution in [0.5, 0.6) is 5.75 Å². The van der Waals surface area contributed by atoms with Crippen LogP contribution >= 0.6 is 0 Å². The zero-order valence-corrected chi connectivity index (χ0v) is 43.7. The zero-order chi connectivity index (χ0) is 55.5. The number of azide groups is 1. The van der Waals surface area contributed by atoms with E-state index in [-0.39, 0.29) is 75.9 Å². The number of aromatic hydroxyl groups is 1. The topological polar surface area (TPSA) is 385 Å². The fourth-order valence-electron chi connectivity index (χ4n) is 8.12. The second-order valence-corrected chi connectivity index (χ2v) is 19.3. The first-order chi connectivity index (χ1) is 35.0. The molecule has 0 bridgehead atoms. The van der Waals surface area contributed by atoms with Crippen LogP contribution in [0.1, 0.15) is 118 Å². The predicted octanol–water partition coefficient (Wildman–Crippen LogP) is 0.529. The molecule has 12 N–H and O–H groups in total. The third-order valence-corrected chi connectivity index (χ3v) is 12.4. The number of hydrogen-bond acceptors (Lipinski definition) is 13. The summed E-state index contributed by atoms with van der Waals surface area (Å²) in [6.45, 7) is 12.1. The lowest BCUT2D eigenvalue weighted by atomic mass is 9.96. The third kappa shape index (κ3) is 22.4. The van der Waals surface area contributed by atoms with E-state index in [1.807, 2.05) is 20.8 Å². The summed E-state index contributed by atoms with van der Waals surface area (Å²) in [6, 6.07) is -2.65. The number of nitrogens with one attached hydrogen (secondary N) is 8. The number of nitrogens with zero attached hydrogens (tertiary/aromatic N) is 4. The van der Waals surface area contributed by atoms with Crippen LogP contribution in [0.2, 0.25) is 0 Å². The highest BCUT2D eigenvalue weighted by atomic mass is 16.4. The van der Waals surface area contributed by atoms with Crippen LogP contribution in [-0.2, 0) is 54.4 Å². The molecule has 0 aliphatic carbocycles. The Morgan fingerprint density at radius 1 is 0.770 bits per heavy atom. The summed E-state index contributed by atoms with van der Waals surface area (Å²) in [5.41, 5.74) is 14.7. The lowest BCUT2D eigenvalue weighted by molar-refractivity contribution is -0.144. The van der Waals surface area contributed by atoms with Gasteiger partial charge in [-0.1, -0.05) is 65.2 Å². The van der Waals surface area contributed by atoms with Gasteiger partial charge in [-0.3, -0.25) is 47.9 Å². The van der Waals surface area contributed by atoms with E-state index in [1.54, 1.807) is 32.9 Å². The Kier molecular flexibility index (Phi) is 28.1. The molecule has 1 aliphatic rings. The van der Waals surface area contributed by atoms with Gasteiger partial charge in [0, 0.05) is 44.3 Å². The first kappa shape index (κ1) is 63.1. The van der Waals surface area contributed by atoms with Gasteiger partial charge in [0.1, 0.15) is 48.0 Å². The van der Waals surface area contributed by atoms with Crippen LogP contribution in [0.15, 0.2) is 29.4 Å². The van der Waals surface area contributed by atoms with Crippen molar-refractivity contribution in [2.24, 2.45) is 28.6 Å². The van der Waals surface area contributed by atoms with Crippen molar-refractivity contribution in [2.75, 3.05) is 32.7 Å². The Bertz CT molecular complexity index is 2120. The normalized spacial score (nSPS) is 15.9. The lowest BCUT2D eigenvalue weighted by Gasteiger charge is -2.32. The Balaban J connectivity index is 2.36. The Morgan fingerprint density at radius 3 is 1.99 bits per heavy atom. The van der Waals surface area contributed by atoms with Gasteiger partial charge < -0.3 is 63.4 Å². The number of aliphatic carboxylic acids is 1. The molecule has 1 aromatic carbocycles. The maximum atomic E-state index is 14.4. The molecule has 1 fully saturated rings.